The standard InChI is InChI=1S/C17H37N/c1-5-9-10-11-12-13-14-15-17(6-2)16-18(7-3)8-4/h17H,5-16H2,1-4H3. The lowest BCUT2D eigenvalue weighted by molar-refractivity contribution is 0.237. The number of rotatable bonds is 13. The molecule has 0 amide bonds. The fraction of sp³-hybridized carbons (Fsp3) is 1.00. The van der Waals surface area contributed by atoms with Gasteiger partial charge in [0.15, 0.2) is 0 Å². The van der Waals surface area contributed by atoms with Crippen LogP contribution in [0, 0.1) is 5.92 Å². The van der Waals surface area contributed by atoms with E-state index in [-0.39, 0.29) is 0 Å². The van der Waals surface area contributed by atoms with E-state index in [2.05, 4.69) is 32.6 Å². The molecular formula is C17H37N. The lowest BCUT2D eigenvalue weighted by atomic mass is 9.97. The molecule has 1 atom stereocenters. The fourth-order valence-corrected chi connectivity index (χ4v) is 2.66. The second-order valence-electron chi connectivity index (χ2n) is 5.67. The van der Waals surface area contributed by atoms with E-state index in [1.54, 1.807) is 0 Å². The van der Waals surface area contributed by atoms with Crippen LogP contribution in [0.3, 0.4) is 0 Å². The molecule has 0 saturated heterocycles. The normalized spacial score (nSPS) is 13.2. The molecule has 1 heteroatoms. The molecular weight excluding hydrogens is 218 g/mol. The molecule has 0 aliphatic carbocycles. The Labute approximate surface area is 116 Å². The van der Waals surface area contributed by atoms with Crippen LogP contribution in [0.25, 0.3) is 0 Å². The SMILES string of the molecule is CCCCCCCCCC(CC)CN(CC)CC. The van der Waals surface area contributed by atoms with E-state index in [1.807, 2.05) is 0 Å². The van der Waals surface area contributed by atoms with Crippen molar-refractivity contribution in [1.82, 2.24) is 4.90 Å². The molecule has 110 valence electrons. The van der Waals surface area contributed by atoms with Crippen molar-refractivity contribution in [2.45, 2.75) is 85.5 Å². The monoisotopic (exact) mass is 255 g/mol. The van der Waals surface area contributed by atoms with Crippen molar-refractivity contribution in [2.75, 3.05) is 19.6 Å². The highest BCUT2D eigenvalue weighted by molar-refractivity contribution is 4.63. The van der Waals surface area contributed by atoms with Crippen molar-refractivity contribution < 1.29 is 0 Å². The minimum absolute atomic E-state index is 0.931. The summed E-state index contributed by atoms with van der Waals surface area (Å²) in [6, 6.07) is 0. The Morgan fingerprint density at radius 3 is 1.78 bits per heavy atom. The topological polar surface area (TPSA) is 3.24 Å². The lowest BCUT2D eigenvalue weighted by Gasteiger charge is -2.24. The highest BCUT2D eigenvalue weighted by Gasteiger charge is 2.09. The molecule has 1 nitrogen and oxygen atoms in total. The molecule has 0 radical (unpaired) electrons. The molecule has 0 aromatic carbocycles. The van der Waals surface area contributed by atoms with Crippen molar-refractivity contribution in [2.24, 2.45) is 5.92 Å². The van der Waals surface area contributed by atoms with Gasteiger partial charge in [-0.05, 0) is 25.4 Å². The van der Waals surface area contributed by atoms with E-state index in [4.69, 9.17) is 0 Å². The quantitative estimate of drug-likeness (QED) is 0.393. The maximum atomic E-state index is 2.58. The first-order chi connectivity index (χ1) is 8.78. The summed E-state index contributed by atoms with van der Waals surface area (Å²) in [5, 5.41) is 0. The van der Waals surface area contributed by atoms with Gasteiger partial charge in [0.05, 0.1) is 0 Å². The number of nitrogens with zero attached hydrogens (tertiary/aromatic N) is 1. The number of hydrogen-bond donors (Lipinski definition) is 0. The summed E-state index contributed by atoms with van der Waals surface area (Å²) in [5.74, 6) is 0.931. The van der Waals surface area contributed by atoms with Crippen LogP contribution in [0.2, 0.25) is 0 Å². The van der Waals surface area contributed by atoms with E-state index < -0.39 is 0 Å². The molecule has 0 aromatic heterocycles. The van der Waals surface area contributed by atoms with Crippen molar-refractivity contribution in [3.63, 3.8) is 0 Å². The minimum atomic E-state index is 0.931. The van der Waals surface area contributed by atoms with Gasteiger partial charge in [-0.2, -0.15) is 0 Å². The molecule has 0 spiro atoms. The zero-order valence-electron chi connectivity index (χ0n) is 13.5. The molecule has 1 unspecified atom stereocenters. The Balaban J connectivity index is 3.49. The number of unbranched alkanes of at least 4 members (excludes halogenated alkanes) is 6. The molecule has 0 N–H and O–H groups in total. The maximum absolute atomic E-state index is 2.58. The Hall–Kier alpha value is -0.0400. The van der Waals surface area contributed by atoms with Crippen LogP contribution in [0.4, 0.5) is 0 Å². The minimum Gasteiger partial charge on any atom is -0.304 e. The molecule has 18 heavy (non-hydrogen) atoms. The van der Waals surface area contributed by atoms with E-state index in [0.29, 0.717) is 0 Å². The Morgan fingerprint density at radius 1 is 0.722 bits per heavy atom. The number of hydrogen-bond acceptors (Lipinski definition) is 1. The summed E-state index contributed by atoms with van der Waals surface area (Å²) in [4.78, 5) is 2.58. The molecule has 0 bridgehead atoms. The summed E-state index contributed by atoms with van der Waals surface area (Å²) in [6.07, 6.45) is 12.9. The van der Waals surface area contributed by atoms with Crippen LogP contribution in [0.1, 0.15) is 85.5 Å². The van der Waals surface area contributed by atoms with Gasteiger partial charge in [0, 0.05) is 6.54 Å². The van der Waals surface area contributed by atoms with Crippen molar-refractivity contribution in [3.8, 4) is 0 Å². The summed E-state index contributed by atoms with van der Waals surface area (Å²) >= 11 is 0. The van der Waals surface area contributed by atoms with Crippen LogP contribution in [0.5, 0.6) is 0 Å². The first kappa shape index (κ1) is 18.0. The van der Waals surface area contributed by atoms with E-state index in [9.17, 15) is 0 Å². The molecule has 0 heterocycles. The summed E-state index contributed by atoms with van der Waals surface area (Å²) in [7, 11) is 0. The third-order valence-electron chi connectivity index (χ3n) is 4.20. The highest BCUT2D eigenvalue weighted by atomic mass is 15.1. The average molecular weight is 255 g/mol. The predicted octanol–water partition coefficient (Wildman–Crippen LogP) is 5.50. The zero-order valence-corrected chi connectivity index (χ0v) is 13.5. The van der Waals surface area contributed by atoms with Crippen molar-refractivity contribution >= 4 is 0 Å². The van der Waals surface area contributed by atoms with E-state index >= 15 is 0 Å². The van der Waals surface area contributed by atoms with Crippen molar-refractivity contribution in [1.29, 1.82) is 0 Å². The van der Waals surface area contributed by atoms with Gasteiger partial charge in [-0.25, -0.2) is 0 Å². The largest absolute Gasteiger partial charge is 0.304 e. The van der Waals surface area contributed by atoms with Gasteiger partial charge in [-0.15, -0.1) is 0 Å². The van der Waals surface area contributed by atoms with Gasteiger partial charge in [0.2, 0.25) is 0 Å². The Bertz CT molecular complexity index is 152. The molecule has 0 fully saturated rings. The van der Waals surface area contributed by atoms with E-state index in [1.165, 1.54) is 77.4 Å². The highest BCUT2D eigenvalue weighted by Crippen LogP contribution is 2.16. The Kier molecular flexibility index (Phi) is 13.4. The predicted molar refractivity (Wildman–Crippen MR) is 84.2 cm³/mol. The Morgan fingerprint density at radius 2 is 1.28 bits per heavy atom. The van der Waals surface area contributed by atoms with Crippen LogP contribution >= 0.6 is 0 Å². The smallest absolute Gasteiger partial charge is 0.000932 e. The van der Waals surface area contributed by atoms with Gasteiger partial charge >= 0.3 is 0 Å². The van der Waals surface area contributed by atoms with Crippen LogP contribution in [-0.4, -0.2) is 24.5 Å². The van der Waals surface area contributed by atoms with Crippen LogP contribution in [-0.2, 0) is 0 Å². The molecule has 0 aliphatic rings. The van der Waals surface area contributed by atoms with Gasteiger partial charge in [-0.3, -0.25) is 0 Å². The van der Waals surface area contributed by atoms with Crippen molar-refractivity contribution in [3.05, 3.63) is 0 Å². The molecule has 0 saturated carbocycles. The molecule has 0 aliphatic heterocycles. The molecule has 0 rings (SSSR count). The third-order valence-corrected chi connectivity index (χ3v) is 4.20. The second-order valence-corrected chi connectivity index (χ2v) is 5.67. The van der Waals surface area contributed by atoms with Gasteiger partial charge in [0.25, 0.3) is 0 Å². The summed E-state index contributed by atoms with van der Waals surface area (Å²) in [5.41, 5.74) is 0. The first-order valence-electron chi connectivity index (χ1n) is 8.50. The molecule has 0 aromatic rings. The van der Waals surface area contributed by atoms with Crippen LogP contribution < -0.4 is 0 Å². The van der Waals surface area contributed by atoms with Gasteiger partial charge < -0.3 is 4.90 Å². The maximum Gasteiger partial charge on any atom is 0.000932 e. The zero-order chi connectivity index (χ0) is 13.6. The van der Waals surface area contributed by atoms with Gasteiger partial charge in [0.1, 0.15) is 0 Å². The summed E-state index contributed by atoms with van der Waals surface area (Å²) in [6.45, 7) is 13.0. The first-order valence-corrected chi connectivity index (χ1v) is 8.50. The van der Waals surface area contributed by atoms with Crippen LogP contribution in [0.15, 0.2) is 0 Å². The summed E-state index contributed by atoms with van der Waals surface area (Å²) < 4.78 is 0. The second kappa shape index (κ2) is 13.4. The lowest BCUT2D eigenvalue weighted by Crippen LogP contribution is -2.29. The average Bonchev–Trinajstić information content (AvgIpc) is 2.41. The van der Waals surface area contributed by atoms with Gasteiger partial charge in [-0.1, -0.05) is 79.1 Å². The fourth-order valence-electron chi connectivity index (χ4n) is 2.66. The third kappa shape index (κ3) is 9.94. The van der Waals surface area contributed by atoms with E-state index in [0.717, 1.165) is 5.92 Å².